The second kappa shape index (κ2) is 16.5. The molecule has 3 aliphatic heterocycles. The number of halogens is 1. The smallest absolute Gasteiger partial charge is 0.262 e. The summed E-state index contributed by atoms with van der Waals surface area (Å²) in [5.41, 5.74) is 3.29. The van der Waals surface area contributed by atoms with Crippen LogP contribution < -0.4 is 14.4 Å². The van der Waals surface area contributed by atoms with E-state index in [1.165, 1.54) is 11.1 Å². The normalized spacial score (nSPS) is 34.2. The SMILES string of the molecule is C=S1(=O)NC(=O)c2ccc3c(c2)N(C[C@@H]2CC[C@H]2[C@@](CN2CCN(CCOCC)CC2)(OC)/C=C/C[C@H](C)[C@H]1C)C[C@@]1(CCCc2cc(Cl)ccc21)CO3. The van der Waals surface area contributed by atoms with E-state index in [2.05, 4.69) is 63.4 Å². The number of amides is 1. The molecular formula is C43H61ClN4O5S. The van der Waals surface area contributed by atoms with Gasteiger partial charge in [-0.3, -0.25) is 19.3 Å². The van der Waals surface area contributed by atoms with Gasteiger partial charge in [0, 0.05) is 87.3 Å². The van der Waals surface area contributed by atoms with E-state index in [1.807, 2.05) is 32.2 Å². The molecule has 1 N–H and O–H groups in total. The van der Waals surface area contributed by atoms with Crippen LogP contribution in [0, 0.1) is 17.8 Å². The molecule has 2 bridgehead atoms. The summed E-state index contributed by atoms with van der Waals surface area (Å²) in [6, 6.07) is 12.0. The zero-order valence-corrected chi connectivity index (χ0v) is 34.4. The van der Waals surface area contributed by atoms with Crippen LogP contribution >= 0.6 is 11.6 Å². The van der Waals surface area contributed by atoms with Crippen LogP contribution in [-0.2, 0) is 31.0 Å². The van der Waals surface area contributed by atoms with Gasteiger partial charge in [0.2, 0.25) is 0 Å². The van der Waals surface area contributed by atoms with E-state index in [0.717, 1.165) is 114 Å². The average molecular weight is 782 g/mol. The molecule has 7 atom stereocenters. The maximum atomic E-state index is 14.1. The van der Waals surface area contributed by atoms with Gasteiger partial charge in [0.25, 0.3) is 5.91 Å². The maximum Gasteiger partial charge on any atom is 0.262 e. The predicted molar refractivity (Wildman–Crippen MR) is 221 cm³/mol. The number of carbonyl (C=O) groups excluding carboxylic acids is 1. The number of ether oxygens (including phenoxy) is 3. The summed E-state index contributed by atoms with van der Waals surface area (Å²) in [5.74, 6) is 5.20. The Morgan fingerprint density at radius 2 is 1.89 bits per heavy atom. The summed E-state index contributed by atoms with van der Waals surface area (Å²) in [7, 11) is -1.07. The quantitative estimate of drug-likeness (QED) is 0.202. The van der Waals surface area contributed by atoms with Crippen LogP contribution in [0.4, 0.5) is 5.69 Å². The standard InChI is InChI=1S/C43H61ClN4O5S/c1-6-52-24-23-46-19-21-47(22-20-46)29-43(51-4)18-7-9-31(2)32(3)54(5,50)45-41(49)34-12-16-40-39(26-34)48(27-35-11-14-38(35)43)28-42(30-53-40)17-8-10-33-25-36(44)13-15-37(33)42/h7,12-13,15-16,18,25-26,31-32,35,38H,5-6,8-11,14,17,19-24,27-30H2,1-4H3,(H,45,49,50)/b18-7+/t31-,32+,35-,38+,42-,43+,54?/m0/s1. The number of hydrogen-bond donors (Lipinski definition) is 1. The molecule has 1 saturated carbocycles. The molecule has 2 aromatic carbocycles. The fourth-order valence-corrected chi connectivity index (χ4v) is 11.4. The lowest BCUT2D eigenvalue weighted by Gasteiger charge is -2.52. The molecule has 1 unspecified atom stereocenters. The second-order valence-corrected chi connectivity index (χ2v) is 19.5. The summed E-state index contributed by atoms with van der Waals surface area (Å²) >= 11 is 6.53. The fourth-order valence-electron chi connectivity index (χ4n) is 9.76. The number of methoxy groups -OCH3 is 1. The van der Waals surface area contributed by atoms with Gasteiger partial charge in [0.05, 0.1) is 28.6 Å². The van der Waals surface area contributed by atoms with Crippen molar-refractivity contribution < 1.29 is 23.2 Å². The summed E-state index contributed by atoms with van der Waals surface area (Å²) < 4.78 is 36.1. The first kappa shape index (κ1) is 39.6. The van der Waals surface area contributed by atoms with Crippen LogP contribution in [0.2, 0.25) is 5.02 Å². The fraction of sp³-hybridized carbons (Fsp3) is 0.628. The lowest BCUT2D eigenvalue weighted by molar-refractivity contribution is -0.0957. The molecule has 0 radical (unpaired) electrons. The molecule has 54 heavy (non-hydrogen) atoms. The number of anilines is 1. The van der Waals surface area contributed by atoms with Crippen molar-refractivity contribution in [3.05, 3.63) is 70.3 Å². The van der Waals surface area contributed by atoms with Gasteiger partial charge in [-0.1, -0.05) is 36.7 Å². The van der Waals surface area contributed by atoms with Crippen LogP contribution in [0.3, 0.4) is 0 Å². The van der Waals surface area contributed by atoms with Gasteiger partial charge >= 0.3 is 0 Å². The summed E-state index contributed by atoms with van der Waals surface area (Å²) in [6.45, 7) is 15.6. The Hall–Kier alpha value is -2.60. The maximum absolute atomic E-state index is 14.1. The minimum absolute atomic E-state index is 0.0282. The highest BCUT2D eigenvalue weighted by Crippen LogP contribution is 2.49. The molecule has 2 aromatic rings. The highest BCUT2D eigenvalue weighted by molar-refractivity contribution is 7.99. The average Bonchev–Trinajstić information content (AvgIpc) is 3.29. The zero-order chi connectivity index (χ0) is 38.1. The molecule has 3 heterocycles. The third-order valence-electron chi connectivity index (χ3n) is 13.4. The van der Waals surface area contributed by atoms with E-state index in [-0.39, 0.29) is 22.5 Å². The Morgan fingerprint density at radius 3 is 2.63 bits per heavy atom. The molecule has 2 fully saturated rings. The van der Waals surface area contributed by atoms with E-state index in [9.17, 15) is 9.00 Å². The Bertz CT molecular complexity index is 1800. The Balaban J connectivity index is 1.25. The summed E-state index contributed by atoms with van der Waals surface area (Å²) in [6.07, 6.45) is 10.6. The van der Waals surface area contributed by atoms with Crippen molar-refractivity contribution in [2.45, 2.75) is 75.6 Å². The van der Waals surface area contributed by atoms with E-state index < -0.39 is 15.3 Å². The van der Waals surface area contributed by atoms with Crippen molar-refractivity contribution in [1.29, 1.82) is 0 Å². The number of piperazine rings is 1. The highest BCUT2D eigenvalue weighted by Gasteiger charge is 2.50. The number of hydrogen-bond acceptors (Lipinski definition) is 8. The molecule has 5 aliphatic rings. The topological polar surface area (TPSA) is 83.6 Å². The van der Waals surface area contributed by atoms with Crippen LogP contribution in [0.25, 0.3) is 0 Å². The number of aryl methyl sites for hydroxylation is 1. The van der Waals surface area contributed by atoms with Gasteiger partial charge in [-0.2, -0.15) is 0 Å². The van der Waals surface area contributed by atoms with Crippen LogP contribution in [0.5, 0.6) is 5.75 Å². The minimum atomic E-state index is -2.96. The van der Waals surface area contributed by atoms with E-state index >= 15 is 0 Å². The molecular weight excluding hydrogens is 720 g/mol. The van der Waals surface area contributed by atoms with Crippen molar-refractivity contribution in [2.24, 2.45) is 17.8 Å². The van der Waals surface area contributed by atoms with Crippen LogP contribution in [-0.4, -0.2) is 116 Å². The van der Waals surface area contributed by atoms with Crippen molar-refractivity contribution in [1.82, 2.24) is 14.5 Å². The first-order valence-electron chi connectivity index (χ1n) is 20.2. The monoisotopic (exact) mass is 780 g/mol. The molecule has 1 saturated heterocycles. The minimum Gasteiger partial charge on any atom is -0.490 e. The van der Waals surface area contributed by atoms with Gasteiger partial charge in [-0.05, 0) is 117 Å². The first-order chi connectivity index (χ1) is 26.0. The van der Waals surface area contributed by atoms with Crippen LogP contribution in [0.1, 0.15) is 74.4 Å². The van der Waals surface area contributed by atoms with Crippen molar-refractivity contribution in [3.63, 3.8) is 0 Å². The third kappa shape index (κ3) is 8.12. The first-order valence-corrected chi connectivity index (χ1v) is 22.4. The molecule has 9 nitrogen and oxygen atoms in total. The number of fused-ring (bicyclic) bond motifs is 4. The molecule has 0 aromatic heterocycles. The Morgan fingerprint density at radius 1 is 1.09 bits per heavy atom. The van der Waals surface area contributed by atoms with Crippen molar-refractivity contribution >= 4 is 38.8 Å². The predicted octanol–water partition coefficient (Wildman–Crippen LogP) is 6.22. The zero-order valence-electron chi connectivity index (χ0n) is 32.8. The van der Waals surface area contributed by atoms with E-state index in [4.69, 9.17) is 25.8 Å². The van der Waals surface area contributed by atoms with Crippen LogP contribution in [0.15, 0.2) is 48.6 Å². The molecule has 7 rings (SSSR count). The van der Waals surface area contributed by atoms with Gasteiger partial charge in [0.15, 0.2) is 0 Å². The number of allylic oxidation sites excluding steroid dienone is 1. The largest absolute Gasteiger partial charge is 0.490 e. The van der Waals surface area contributed by atoms with E-state index in [1.54, 1.807) is 6.07 Å². The van der Waals surface area contributed by atoms with Crippen molar-refractivity contribution in [3.8, 4) is 5.75 Å². The summed E-state index contributed by atoms with van der Waals surface area (Å²) in [4.78, 5) is 21.4. The number of nitrogens with zero attached hydrogens (tertiary/aromatic N) is 3. The molecule has 296 valence electrons. The third-order valence-corrected chi connectivity index (χ3v) is 15.9. The van der Waals surface area contributed by atoms with Crippen molar-refractivity contribution in [2.75, 3.05) is 84.2 Å². The Kier molecular flexibility index (Phi) is 12.1. The molecule has 11 heteroatoms. The molecule has 1 spiro atoms. The van der Waals surface area contributed by atoms with Gasteiger partial charge in [0.1, 0.15) is 11.4 Å². The van der Waals surface area contributed by atoms with E-state index in [0.29, 0.717) is 30.4 Å². The van der Waals surface area contributed by atoms with Gasteiger partial charge in [-0.15, -0.1) is 0 Å². The van der Waals surface area contributed by atoms with Gasteiger partial charge < -0.3 is 19.1 Å². The Labute approximate surface area is 328 Å². The molecule has 2 aliphatic carbocycles. The number of carbonyl (C=O) groups is 1. The number of nitrogens with one attached hydrogen (secondary N) is 1. The lowest BCUT2D eigenvalue weighted by atomic mass is 9.63. The second-order valence-electron chi connectivity index (χ2n) is 16.7. The summed E-state index contributed by atoms with van der Waals surface area (Å²) in [5, 5.41) is 0.431. The number of benzene rings is 2. The van der Waals surface area contributed by atoms with Gasteiger partial charge in [-0.25, -0.2) is 4.21 Å². The lowest BCUT2D eigenvalue weighted by Crippen LogP contribution is -2.59. The highest BCUT2D eigenvalue weighted by atomic mass is 35.5. The molecule has 1 amide bonds. The number of rotatable bonds is 7.